The Bertz CT molecular complexity index is 469. The Morgan fingerprint density at radius 3 is 3.25 bits per heavy atom. The van der Waals surface area contributed by atoms with E-state index in [1.54, 1.807) is 0 Å². The summed E-state index contributed by atoms with van der Waals surface area (Å²) in [6.07, 6.45) is 5.76. The molecule has 1 aromatic carbocycles. The molecule has 84 valence electrons. The van der Waals surface area contributed by atoms with Crippen LogP contribution >= 0.6 is 0 Å². The Labute approximate surface area is 95.2 Å². The predicted molar refractivity (Wildman–Crippen MR) is 65.4 cm³/mol. The second-order valence-corrected chi connectivity index (χ2v) is 4.71. The van der Waals surface area contributed by atoms with Gasteiger partial charge >= 0.3 is 0 Å². The van der Waals surface area contributed by atoms with Crippen LogP contribution in [0.1, 0.15) is 18.4 Å². The maximum Gasteiger partial charge on any atom is 0.0650 e. The zero-order chi connectivity index (χ0) is 10.8. The molecule has 2 heterocycles. The first-order valence-corrected chi connectivity index (χ1v) is 6.04. The van der Waals surface area contributed by atoms with Gasteiger partial charge in [0.05, 0.1) is 11.7 Å². The molecule has 1 aromatic heterocycles. The first-order chi connectivity index (χ1) is 7.92. The molecule has 2 N–H and O–H groups in total. The van der Waals surface area contributed by atoms with Crippen LogP contribution in [0.3, 0.4) is 0 Å². The van der Waals surface area contributed by atoms with Crippen LogP contribution in [0.2, 0.25) is 0 Å². The molecule has 16 heavy (non-hydrogen) atoms. The Morgan fingerprint density at radius 2 is 2.38 bits per heavy atom. The third kappa shape index (κ3) is 1.95. The van der Waals surface area contributed by atoms with Gasteiger partial charge in [0.25, 0.3) is 0 Å². The van der Waals surface area contributed by atoms with E-state index in [4.69, 9.17) is 0 Å². The fourth-order valence-corrected chi connectivity index (χ4v) is 2.55. The van der Waals surface area contributed by atoms with Crippen molar-refractivity contribution in [3.05, 3.63) is 30.0 Å². The number of rotatable bonds is 2. The van der Waals surface area contributed by atoms with Gasteiger partial charge in [0.15, 0.2) is 0 Å². The highest BCUT2D eigenvalue weighted by molar-refractivity contribution is 5.78. The maximum atomic E-state index is 4.05. The molecule has 0 bridgehead atoms. The topological polar surface area (TPSA) is 40.7 Å². The molecule has 1 atom stereocenters. The summed E-state index contributed by atoms with van der Waals surface area (Å²) < 4.78 is 0. The standard InChI is InChI=1S/C13H17N3/c1-2-11(8-14-5-1)6-10-3-4-13-12(7-10)9-15-16-13/h3-4,7,9,11,14H,1-2,5-6,8H2,(H,15,16)/t11-/m0/s1. The quantitative estimate of drug-likeness (QED) is 0.805. The van der Waals surface area contributed by atoms with Crippen LogP contribution in [0.25, 0.3) is 10.9 Å². The minimum Gasteiger partial charge on any atom is -0.316 e. The van der Waals surface area contributed by atoms with E-state index in [1.807, 2.05) is 6.20 Å². The van der Waals surface area contributed by atoms with E-state index in [0.717, 1.165) is 11.4 Å². The van der Waals surface area contributed by atoms with Crippen LogP contribution in [0.4, 0.5) is 0 Å². The van der Waals surface area contributed by atoms with Crippen molar-refractivity contribution in [1.29, 1.82) is 0 Å². The highest BCUT2D eigenvalue weighted by Crippen LogP contribution is 2.19. The molecule has 3 heteroatoms. The van der Waals surface area contributed by atoms with Crippen molar-refractivity contribution in [1.82, 2.24) is 15.5 Å². The first-order valence-electron chi connectivity index (χ1n) is 6.04. The summed E-state index contributed by atoms with van der Waals surface area (Å²) >= 11 is 0. The smallest absolute Gasteiger partial charge is 0.0650 e. The molecule has 1 saturated heterocycles. The van der Waals surface area contributed by atoms with Crippen LogP contribution < -0.4 is 5.32 Å². The van der Waals surface area contributed by atoms with Crippen LogP contribution in [0, 0.1) is 5.92 Å². The summed E-state index contributed by atoms with van der Waals surface area (Å²) in [7, 11) is 0. The van der Waals surface area contributed by atoms with E-state index in [2.05, 4.69) is 33.7 Å². The number of fused-ring (bicyclic) bond motifs is 1. The molecule has 0 spiro atoms. The summed E-state index contributed by atoms with van der Waals surface area (Å²) in [6, 6.07) is 6.61. The monoisotopic (exact) mass is 215 g/mol. The molecule has 0 radical (unpaired) electrons. The summed E-state index contributed by atoms with van der Waals surface area (Å²) in [6.45, 7) is 2.36. The summed E-state index contributed by atoms with van der Waals surface area (Å²) in [5.74, 6) is 0.804. The Kier molecular flexibility index (Phi) is 2.62. The lowest BCUT2D eigenvalue weighted by molar-refractivity contribution is 0.376. The van der Waals surface area contributed by atoms with Gasteiger partial charge in [-0.15, -0.1) is 0 Å². The highest BCUT2D eigenvalue weighted by Gasteiger charge is 2.13. The second kappa shape index (κ2) is 4.26. The van der Waals surface area contributed by atoms with Crippen molar-refractivity contribution >= 4 is 10.9 Å². The second-order valence-electron chi connectivity index (χ2n) is 4.71. The van der Waals surface area contributed by atoms with Gasteiger partial charge in [-0.2, -0.15) is 5.10 Å². The van der Waals surface area contributed by atoms with Crippen LogP contribution in [0.5, 0.6) is 0 Å². The number of benzene rings is 1. The first kappa shape index (κ1) is 9.85. The average molecular weight is 215 g/mol. The van der Waals surface area contributed by atoms with Gasteiger partial charge in [-0.3, -0.25) is 5.10 Å². The third-order valence-corrected chi connectivity index (χ3v) is 3.43. The van der Waals surface area contributed by atoms with Crippen molar-refractivity contribution in [3.63, 3.8) is 0 Å². The minimum atomic E-state index is 0.804. The van der Waals surface area contributed by atoms with E-state index < -0.39 is 0 Å². The average Bonchev–Trinajstić information content (AvgIpc) is 2.77. The minimum absolute atomic E-state index is 0.804. The molecule has 1 aliphatic rings. The normalized spacial score (nSPS) is 21.4. The molecule has 1 aliphatic heterocycles. The Balaban J connectivity index is 1.77. The number of aromatic nitrogens is 2. The zero-order valence-electron chi connectivity index (χ0n) is 9.37. The number of hydrogen-bond acceptors (Lipinski definition) is 2. The van der Waals surface area contributed by atoms with Gasteiger partial charge in [0.2, 0.25) is 0 Å². The van der Waals surface area contributed by atoms with Gasteiger partial charge < -0.3 is 5.32 Å². The number of nitrogens with one attached hydrogen (secondary N) is 2. The molecule has 3 nitrogen and oxygen atoms in total. The highest BCUT2D eigenvalue weighted by atomic mass is 15.1. The number of piperidine rings is 1. The fourth-order valence-electron chi connectivity index (χ4n) is 2.55. The van der Waals surface area contributed by atoms with Crippen LogP contribution in [0.15, 0.2) is 24.4 Å². The van der Waals surface area contributed by atoms with E-state index in [-0.39, 0.29) is 0 Å². The predicted octanol–water partition coefficient (Wildman–Crippen LogP) is 2.10. The van der Waals surface area contributed by atoms with Gasteiger partial charge in [0.1, 0.15) is 0 Å². The van der Waals surface area contributed by atoms with Gasteiger partial charge in [-0.05, 0) is 56.0 Å². The molecule has 0 aliphatic carbocycles. The lowest BCUT2D eigenvalue weighted by atomic mass is 9.92. The lowest BCUT2D eigenvalue weighted by Gasteiger charge is -2.22. The molecule has 1 fully saturated rings. The van der Waals surface area contributed by atoms with Gasteiger partial charge in [0, 0.05) is 5.39 Å². The van der Waals surface area contributed by atoms with Gasteiger partial charge in [-0.25, -0.2) is 0 Å². The SMILES string of the molecule is c1cc2[nH]ncc2cc1C[C@@H]1CCCNC1. The van der Waals surface area contributed by atoms with Crippen LogP contribution in [-0.4, -0.2) is 23.3 Å². The van der Waals surface area contributed by atoms with Crippen molar-refractivity contribution in [2.45, 2.75) is 19.3 Å². The van der Waals surface area contributed by atoms with Crippen molar-refractivity contribution in [2.75, 3.05) is 13.1 Å². The number of nitrogens with zero attached hydrogens (tertiary/aromatic N) is 1. The van der Waals surface area contributed by atoms with Crippen LogP contribution in [-0.2, 0) is 6.42 Å². The molecule has 0 saturated carbocycles. The lowest BCUT2D eigenvalue weighted by Crippen LogP contribution is -2.30. The molecular formula is C13H17N3. The molecule has 0 amide bonds. The maximum absolute atomic E-state index is 4.05. The van der Waals surface area contributed by atoms with E-state index in [0.29, 0.717) is 0 Å². The molecular weight excluding hydrogens is 198 g/mol. The summed E-state index contributed by atoms with van der Waals surface area (Å²) in [5, 5.41) is 11.7. The number of aromatic amines is 1. The largest absolute Gasteiger partial charge is 0.316 e. The van der Waals surface area contributed by atoms with Gasteiger partial charge in [-0.1, -0.05) is 6.07 Å². The summed E-state index contributed by atoms with van der Waals surface area (Å²) in [4.78, 5) is 0. The van der Waals surface area contributed by atoms with E-state index in [1.165, 1.54) is 43.3 Å². The molecule has 3 rings (SSSR count). The van der Waals surface area contributed by atoms with Crippen molar-refractivity contribution < 1.29 is 0 Å². The van der Waals surface area contributed by atoms with Crippen molar-refractivity contribution in [2.24, 2.45) is 5.92 Å². The fraction of sp³-hybridized carbons (Fsp3) is 0.462. The Hall–Kier alpha value is -1.35. The molecule has 2 aromatic rings. The molecule has 0 unspecified atom stereocenters. The number of H-pyrrole nitrogens is 1. The van der Waals surface area contributed by atoms with E-state index >= 15 is 0 Å². The summed E-state index contributed by atoms with van der Waals surface area (Å²) in [5.41, 5.74) is 2.56. The number of hydrogen-bond donors (Lipinski definition) is 2. The zero-order valence-corrected chi connectivity index (χ0v) is 9.37. The van der Waals surface area contributed by atoms with Crippen molar-refractivity contribution in [3.8, 4) is 0 Å². The van der Waals surface area contributed by atoms with E-state index in [9.17, 15) is 0 Å². The third-order valence-electron chi connectivity index (χ3n) is 3.43. The Morgan fingerprint density at radius 1 is 1.38 bits per heavy atom.